The summed E-state index contributed by atoms with van der Waals surface area (Å²) in [5, 5.41) is 2.88. The second-order valence-electron chi connectivity index (χ2n) is 4.71. The molecule has 1 atom stereocenters. The second-order valence-corrected chi connectivity index (χ2v) is 4.71. The minimum Gasteiger partial charge on any atom is -0.385 e. The van der Waals surface area contributed by atoms with Crippen LogP contribution in [0.25, 0.3) is 0 Å². The Kier molecular flexibility index (Phi) is 7.15. The van der Waals surface area contributed by atoms with Crippen molar-refractivity contribution in [3.63, 3.8) is 0 Å². The fourth-order valence-electron chi connectivity index (χ4n) is 1.92. The molecule has 0 saturated carbocycles. The molecule has 0 heterocycles. The minimum atomic E-state index is -0.438. The molecule has 1 amide bonds. The zero-order chi connectivity index (χ0) is 14.1. The number of nitrogens with two attached hydrogens (primary N) is 1. The van der Waals surface area contributed by atoms with Crippen molar-refractivity contribution in [2.45, 2.75) is 32.2 Å². The molecule has 4 heteroatoms. The standard InChI is InChI=1S/C15H24N2O2/c1-12-6-3-4-7-13(12)9-10-17-15(18)14(16)8-5-11-19-2/h3-4,6-7,14H,5,8-11,16H2,1-2H3,(H,17,18). The van der Waals surface area contributed by atoms with E-state index in [1.54, 1.807) is 7.11 Å². The van der Waals surface area contributed by atoms with Gasteiger partial charge in [-0.25, -0.2) is 0 Å². The van der Waals surface area contributed by atoms with Gasteiger partial charge in [-0.15, -0.1) is 0 Å². The second kappa shape index (κ2) is 8.67. The van der Waals surface area contributed by atoms with Crippen molar-refractivity contribution in [3.05, 3.63) is 35.4 Å². The van der Waals surface area contributed by atoms with Gasteiger partial charge in [0.25, 0.3) is 0 Å². The lowest BCUT2D eigenvalue weighted by Crippen LogP contribution is -2.41. The van der Waals surface area contributed by atoms with E-state index in [0.29, 0.717) is 19.6 Å². The third kappa shape index (κ3) is 5.85. The van der Waals surface area contributed by atoms with E-state index in [2.05, 4.69) is 24.4 Å². The van der Waals surface area contributed by atoms with Crippen LogP contribution in [0.3, 0.4) is 0 Å². The van der Waals surface area contributed by atoms with Gasteiger partial charge in [-0.05, 0) is 37.3 Å². The number of aryl methyl sites for hydroxylation is 1. The normalized spacial score (nSPS) is 12.2. The number of hydrogen-bond acceptors (Lipinski definition) is 3. The topological polar surface area (TPSA) is 64.3 Å². The van der Waals surface area contributed by atoms with E-state index < -0.39 is 6.04 Å². The molecule has 0 fully saturated rings. The Morgan fingerprint density at radius 2 is 2.16 bits per heavy atom. The number of methoxy groups -OCH3 is 1. The molecule has 0 saturated heterocycles. The Balaban J connectivity index is 2.25. The van der Waals surface area contributed by atoms with Gasteiger partial charge in [-0.3, -0.25) is 4.79 Å². The summed E-state index contributed by atoms with van der Waals surface area (Å²) in [4.78, 5) is 11.7. The van der Waals surface area contributed by atoms with Crippen molar-refractivity contribution in [2.24, 2.45) is 5.73 Å². The molecule has 0 aromatic heterocycles. The number of nitrogens with one attached hydrogen (secondary N) is 1. The van der Waals surface area contributed by atoms with Crippen molar-refractivity contribution in [1.82, 2.24) is 5.32 Å². The van der Waals surface area contributed by atoms with Crippen LogP contribution in [0, 0.1) is 6.92 Å². The number of benzene rings is 1. The van der Waals surface area contributed by atoms with Crippen LogP contribution < -0.4 is 11.1 Å². The highest BCUT2D eigenvalue weighted by atomic mass is 16.5. The molecule has 3 N–H and O–H groups in total. The first kappa shape index (κ1) is 15.7. The summed E-state index contributed by atoms with van der Waals surface area (Å²) in [5.41, 5.74) is 8.31. The molecule has 1 unspecified atom stereocenters. The third-order valence-electron chi connectivity index (χ3n) is 3.16. The molecule has 4 nitrogen and oxygen atoms in total. The van der Waals surface area contributed by atoms with E-state index in [-0.39, 0.29) is 5.91 Å². The number of rotatable bonds is 8. The molecule has 0 aliphatic rings. The van der Waals surface area contributed by atoms with Gasteiger partial charge in [0.2, 0.25) is 5.91 Å². The van der Waals surface area contributed by atoms with Crippen LogP contribution in [0.1, 0.15) is 24.0 Å². The number of carbonyl (C=O) groups is 1. The number of carbonyl (C=O) groups excluding carboxylic acids is 1. The maximum atomic E-state index is 11.7. The summed E-state index contributed by atoms with van der Waals surface area (Å²) in [5.74, 6) is -0.0790. The van der Waals surface area contributed by atoms with Crippen molar-refractivity contribution in [1.29, 1.82) is 0 Å². The van der Waals surface area contributed by atoms with Crippen molar-refractivity contribution in [2.75, 3.05) is 20.3 Å². The van der Waals surface area contributed by atoms with Crippen LogP contribution in [-0.4, -0.2) is 32.2 Å². The molecular formula is C15H24N2O2. The molecular weight excluding hydrogens is 240 g/mol. The molecule has 19 heavy (non-hydrogen) atoms. The molecule has 1 rings (SSSR count). The van der Waals surface area contributed by atoms with Crippen molar-refractivity contribution in [3.8, 4) is 0 Å². The van der Waals surface area contributed by atoms with Gasteiger partial charge in [-0.2, -0.15) is 0 Å². The summed E-state index contributed by atoms with van der Waals surface area (Å²) in [6.45, 7) is 3.35. The van der Waals surface area contributed by atoms with Crippen LogP contribution in [0.15, 0.2) is 24.3 Å². The van der Waals surface area contributed by atoms with E-state index in [9.17, 15) is 4.79 Å². The van der Waals surface area contributed by atoms with E-state index >= 15 is 0 Å². The van der Waals surface area contributed by atoms with Gasteiger partial charge in [-0.1, -0.05) is 24.3 Å². The zero-order valence-electron chi connectivity index (χ0n) is 11.8. The van der Waals surface area contributed by atoms with Crippen molar-refractivity contribution >= 4 is 5.91 Å². The average molecular weight is 264 g/mol. The SMILES string of the molecule is COCCCC(N)C(=O)NCCc1ccccc1C. The number of amides is 1. The van der Waals surface area contributed by atoms with E-state index in [0.717, 1.165) is 12.8 Å². The number of hydrogen-bond donors (Lipinski definition) is 2. The van der Waals surface area contributed by atoms with Crippen LogP contribution in [0.2, 0.25) is 0 Å². The zero-order valence-corrected chi connectivity index (χ0v) is 11.8. The van der Waals surface area contributed by atoms with Crippen LogP contribution in [0.4, 0.5) is 0 Å². The Morgan fingerprint density at radius 3 is 2.84 bits per heavy atom. The molecule has 0 bridgehead atoms. The quantitative estimate of drug-likeness (QED) is 0.698. The van der Waals surface area contributed by atoms with Gasteiger partial charge in [0, 0.05) is 20.3 Å². The smallest absolute Gasteiger partial charge is 0.236 e. The molecule has 106 valence electrons. The fraction of sp³-hybridized carbons (Fsp3) is 0.533. The molecule has 1 aromatic rings. The maximum Gasteiger partial charge on any atom is 0.236 e. The van der Waals surface area contributed by atoms with E-state index in [1.165, 1.54) is 11.1 Å². The van der Waals surface area contributed by atoms with Crippen molar-refractivity contribution < 1.29 is 9.53 Å². The molecule has 1 aromatic carbocycles. The number of ether oxygens (including phenoxy) is 1. The summed E-state index contributed by atoms with van der Waals surface area (Å²) < 4.78 is 4.94. The highest BCUT2D eigenvalue weighted by molar-refractivity contribution is 5.81. The summed E-state index contributed by atoms with van der Waals surface area (Å²) in [6, 6.07) is 7.75. The summed E-state index contributed by atoms with van der Waals surface area (Å²) >= 11 is 0. The average Bonchev–Trinajstić information content (AvgIpc) is 2.41. The first-order valence-electron chi connectivity index (χ1n) is 6.72. The lowest BCUT2D eigenvalue weighted by atomic mass is 10.1. The monoisotopic (exact) mass is 264 g/mol. The van der Waals surface area contributed by atoms with Gasteiger partial charge in [0.1, 0.15) is 0 Å². The Labute approximate surface area is 115 Å². The van der Waals surface area contributed by atoms with E-state index in [4.69, 9.17) is 10.5 Å². The molecule has 0 radical (unpaired) electrons. The third-order valence-corrected chi connectivity index (χ3v) is 3.16. The van der Waals surface area contributed by atoms with Gasteiger partial charge < -0.3 is 15.8 Å². The molecule has 0 aliphatic heterocycles. The van der Waals surface area contributed by atoms with Crippen LogP contribution >= 0.6 is 0 Å². The Hall–Kier alpha value is -1.39. The lowest BCUT2D eigenvalue weighted by molar-refractivity contribution is -0.122. The largest absolute Gasteiger partial charge is 0.385 e. The summed E-state index contributed by atoms with van der Waals surface area (Å²) in [7, 11) is 1.65. The Morgan fingerprint density at radius 1 is 1.42 bits per heavy atom. The van der Waals surface area contributed by atoms with Crippen LogP contribution in [-0.2, 0) is 16.0 Å². The van der Waals surface area contributed by atoms with Gasteiger partial charge in [0.15, 0.2) is 0 Å². The molecule has 0 spiro atoms. The van der Waals surface area contributed by atoms with Crippen LogP contribution in [0.5, 0.6) is 0 Å². The predicted octanol–water partition coefficient (Wildman–Crippen LogP) is 1.41. The maximum absolute atomic E-state index is 11.7. The highest BCUT2D eigenvalue weighted by Gasteiger charge is 2.12. The lowest BCUT2D eigenvalue weighted by Gasteiger charge is -2.12. The molecule has 0 aliphatic carbocycles. The predicted molar refractivity (Wildman–Crippen MR) is 77.0 cm³/mol. The first-order chi connectivity index (χ1) is 9.15. The minimum absolute atomic E-state index is 0.0790. The van der Waals surface area contributed by atoms with Gasteiger partial charge in [0.05, 0.1) is 6.04 Å². The summed E-state index contributed by atoms with van der Waals surface area (Å²) in [6.07, 6.45) is 2.30. The van der Waals surface area contributed by atoms with E-state index in [1.807, 2.05) is 12.1 Å². The first-order valence-corrected chi connectivity index (χ1v) is 6.72. The van der Waals surface area contributed by atoms with Gasteiger partial charge >= 0.3 is 0 Å². The Bertz CT molecular complexity index is 393. The fourth-order valence-corrected chi connectivity index (χ4v) is 1.92. The highest BCUT2D eigenvalue weighted by Crippen LogP contribution is 2.06.